The number of hydrogen-bond acceptors (Lipinski definition) is 4. The Morgan fingerprint density at radius 2 is 2.11 bits per heavy atom. The minimum absolute atomic E-state index is 0.0310. The Balaban J connectivity index is 2.33. The van der Waals surface area contributed by atoms with E-state index in [0.717, 1.165) is 0 Å². The number of aryl methyl sites for hydroxylation is 1. The predicted octanol–water partition coefficient (Wildman–Crippen LogP) is 0.762. The van der Waals surface area contributed by atoms with Gasteiger partial charge in [0.2, 0.25) is 10.0 Å². The molecule has 6 nitrogen and oxygen atoms in total. The molecule has 0 aliphatic heterocycles. The van der Waals surface area contributed by atoms with Gasteiger partial charge in [-0.1, -0.05) is 0 Å². The Hall–Kier alpha value is -1.91. The van der Waals surface area contributed by atoms with Crippen molar-refractivity contribution < 1.29 is 18.3 Å². The van der Waals surface area contributed by atoms with Crippen molar-refractivity contribution in [3.8, 4) is 6.07 Å². The van der Waals surface area contributed by atoms with Gasteiger partial charge < -0.3 is 5.11 Å². The number of nitriles is 1. The van der Waals surface area contributed by atoms with Crippen LogP contribution in [-0.2, 0) is 14.8 Å². The zero-order valence-electron chi connectivity index (χ0n) is 10.2. The summed E-state index contributed by atoms with van der Waals surface area (Å²) in [6.07, 6.45) is 0.577. The average molecular weight is 280 g/mol. The number of carbonyl (C=O) groups is 1. The third kappa shape index (κ3) is 2.45. The molecule has 0 bridgehead atoms. The van der Waals surface area contributed by atoms with E-state index in [-0.39, 0.29) is 17.7 Å². The van der Waals surface area contributed by atoms with Crippen LogP contribution in [0.4, 0.5) is 0 Å². The molecule has 2 rings (SSSR count). The molecule has 0 saturated heterocycles. The number of nitrogens with zero attached hydrogens (tertiary/aromatic N) is 1. The van der Waals surface area contributed by atoms with Gasteiger partial charge >= 0.3 is 5.97 Å². The molecule has 1 saturated carbocycles. The summed E-state index contributed by atoms with van der Waals surface area (Å²) in [5.74, 6) is -1.17. The van der Waals surface area contributed by atoms with Crippen molar-refractivity contribution in [3.05, 3.63) is 29.3 Å². The smallest absolute Gasteiger partial charge is 0.324 e. The summed E-state index contributed by atoms with van der Waals surface area (Å²) in [6.45, 7) is 1.63. The third-order valence-corrected chi connectivity index (χ3v) is 4.65. The molecule has 2 N–H and O–H groups in total. The fourth-order valence-corrected chi connectivity index (χ4v) is 3.23. The van der Waals surface area contributed by atoms with Crippen molar-refractivity contribution >= 4 is 16.0 Å². The molecule has 0 atom stereocenters. The van der Waals surface area contributed by atoms with Crippen LogP contribution < -0.4 is 4.72 Å². The second-order valence-electron chi connectivity index (χ2n) is 4.58. The zero-order chi connectivity index (χ0) is 14.3. The fourth-order valence-electron chi connectivity index (χ4n) is 1.73. The quantitative estimate of drug-likeness (QED) is 0.846. The largest absolute Gasteiger partial charge is 0.480 e. The van der Waals surface area contributed by atoms with E-state index in [1.807, 2.05) is 6.07 Å². The van der Waals surface area contributed by atoms with Gasteiger partial charge in [-0.3, -0.25) is 4.79 Å². The maximum absolute atomic E-state index is 12.1. The fraction of sp³-hybridized carbons (Fsp3) is 0.333. The van der Waals surface area contributed by atoms with E-state index >= 15 is 0 Å². The number of aliphatic carboxylic acids is 1. The van der Waals surface area contributed by atoms with E-state index in [9.17, 15) is 13.2 Å². The summed E-state index contributed by atoms with van der Waals surface area (Å²) in [7, 11) is -3.89. The normalized spacial score (nSPS) is 16.6. The lowest BCUT2D eigenvalue weighted by molar-refractivity contribution is -0.140. The summed E-state index contributed by atoms with van der Waals surface area (Å²) in [5, 5.41) is 17.8. The highest BCUT2D eigenvalue weighted by Crippen LogP contribution is 2.37. The maximum atomic E-state index is 12.1. The van der Waals surface area contributed by atoms with Crippen molar-refractivity contribution in [2.45, 2.75) is 30.2 Å². The van der Waals surface area contributed by atoms with Crippen molar-refractivity contribution in [3.63, 3.8) is 0 Å². The Morgan fingerprint density at radius 1 is 1.47 bits per heavy atom. The second kappa shape index (κ2) is 4.33. The van der Waals surface area contributed by atoms with Gasteiger partial charge in [-0.25, -0.2) is 8.42 Å². The van der Waals surface area contributed by atoms with Crippen molar-refractivity contribution in [2.24, 2.45) is 0 Å². The first-order chi connectivity index (χ1) is 8.81. The highest BCUT2D eigenvalue weighted by atomic mass is 32.2. The summed E-state index contributed by atoms with van der Waals surface area (Å²) in [4.78, 5) is 11.0. The molecule has 0 aromatic heterocycles. The molecular formula is C12H12N2O4S. The van der Waals surface area contributed by atoms with Gasteiger partial charge in [0.15, 0.2) is 0 Å². The van der Waals surface area contributed by atoms with Gasteiger partial charge in [0.25, 0.3) is 0 Å². The molecule has 100 valence electrons. The average Bonchev–Trinajstić information content (AvgIpc) is 3.09. The molecule has 0 spiro atoms. The van der Waals surface area contributed by atoms with Crippen LogP contribution in [-0.4, -0.2) is 25.0 Å². The molecular weight excluding hydrogens is 268 g/mol. The van der Waals surface area contributed by atoms with Gasteiger partial charge in [-0.2, -0.15) is 9.98 Å². The summed E-state index contributed by atoms with van der Waals surface area (Å²) in [6, 6.07) is 6.01. The standard InChI is InChI=1S/C12H12N2O4S/c1-8-6-10(3-2-9(8)7-13)19(17,18)14-12(4-5-12)11(15)16/h2-3,6,14H,4-5H2,1H3,(H,15,16). The van der Waals surface area contributed by atoms with Crippen LogP contribution in [0.15, 0.2) is 23.1 Å². The van der Waals surface area contributed by atoms with E-state index in [4.69, 9.17) is 10.4 Å². The minimum atomic E-state index is -3.89. The Morgan fingerprint density at radius 3 is 2.53 bits per heavy atom. The monoisotopic (exact) mass is 280 g/mol. The molecule has 1 fully saturated rings. The number of benzene rings is 1. The van der Waals surface area contributed by atoms with E-state index < -0.39 is 21.5 Å². The SMILES string of the molecule is Cc1cc(S(=O)(=O)NC2(C(=O)O)CC2)ccc1C#N. The first kappa shape index (κ1) is 13.5. The molecule has 0 heterocycles. The molecule has 19 heavy (non-hydrogen) atoms. The van der Waals surface area contributed by atoms with E-state index in [2.05, 4.69) is 4.72 Å². The van der Waals surface area contributed by atoms with Gasteiger partial charge in [0, 0.05) is 0 Å². The highest BCUT2D eigenvalue weighted by molar-refractivity contribution is 7.89. The lowest BCUT2D eigenvalue weighted by Gasteiger charge is -2.13. The number of sulfonamides is 1. The summed E-state index contributed by atoms with van der Waals surface area (Å²) >= 11 is 0. The van der Waals surface area contributed by atoms with Crippen LogP contribution in [0.3, 0.4) is 0 Å². The lowest BCUT2D eigenvalue weighted by atomic mass is 10.1. The third-order valence-electron chi connectivity index (χ3n) is 3.12. The topological polar surface area (TPSA) is 107 Å². The lowest BCUT2D eigenvalue weighted by Crippen LogP contribution is -2.42. The van der Waals surface area contributed by atoms with Crippen molar-refractivity contribution in [1.29, 1.82) is 5.26 Å². The van der Waals surface area contributed by atoms with Gasteiger partial charge in [0.05, 0.1) is 16.5 Å². The molecule has 7 heteroatoms. The predicted molar refractivity (Wildman–Crippen MR) is 65.8 cm³/mol. The number of carboxylic acid groups (broad SMARTS) is 1. The van der Waals surface area contributed by atoms with Crippen LogP contribution in [0.2, 0.25) is 0 Å². The van der Waals surface area contributed by atoms with Gasteiger partial charge in [-0.05, 0) is 43.5 Å². The Kier molecular flexibility index (Phi) is 3.08. The first-order valence-electron chi connectivity index (χ1n) is 5.59. The van der Waals surface area contributed by atoms with Crippen LogP contribution in [0, 0.1) is 18.3 Å². The molecule has 0 unspecified atom stereocenters. The molecule has 1 aromatic carbocycles. The van der Waals surface area contributed by atoms with Crippen molar-refractivity contribution in [1.82, 2.24) is 4.72 Å². The molecule has 1 aliphatic rings. The maximum Gasteiger partial charge on any atom is 0.324 e. The first-order valence-corrected chi connectivity index (χ1v) is 7.07. The van der Waals surface area contributed by atoms with Crippen LogP contribution >= 0.6 is 0 Å². The zero-order valence-corrected chi connectivity index (χ0v) is 11.0. The molecule has 0 radical (unpaired) electrons. The number of hydrogen-bond donors (Lipinski definition) is 2. The Bertz CT molecular complexity index is 684. The van der Waals surface area contributed by atoms with Gasteiger partial charge in [0.1, 0.15) is 5.54 Å². The van der Waals surface area contributed by atoms with E-state index in [1.165, 1.54) is 18.2 Å². The van der Waals surface area contributed by atoms with E-state index in [0.29, 0.717) is 11.1 Å². The molecule has 1 aliphatic carbocycles. The molecule has 0 amide bonds. The minimum Gasteiger partial charge on any atom is -0.480 e. The van der Waals surface area contributed by atoms with E-state index in [1.54, 1.807) is 6.92 Å². The highest BCUT2D eigenvalue weighted by Gasteiger charge is 2.53. The summed E-state index contributed by atoms with van der Waals surface area (Å²) < 4.78 is 26.4. The van der Waals surface area contributed by atoms with Crippen LogP contribution in [0.1, 0.15) is 24.0 Å². The molecule has 1 aromatic rings. The number of nitrogens with one attached hydrogen (secondary N) is 1. The van der Waals surface area contributed by atoms with Crippen LogP contribution in [0.25, 0.3) is 0 Å². The summed E-state index contributed by atoms with van der Waals surface area (Å²) in [5.41, 5.74) is -0.440. The van der Waals surface area contributed by atoms with Gasteiger partial charge in [-0.15, -0.1) is 0 Å². The Labute approximate surface area is 110 Å². The second-order valence-corrected chi connectivity index (χ2v) is 6.26. The van der Waals surface area contributed by atoms with Crippen molar-refractivity contribution in [2.75, 3.05) is 0 Å². The van der Waals surface area contributed by atoms with Crippen LogP contribution in [0.5, 0.6) is 0 Å². The number of rotatable bonds is 4. The number of carboxylic acids is 1.